The number of hydrogen-bond acceptors (Lipinski definition) is 13. The molecule has 18 heteroatoms. The summed E-state index contributed by atoms with van der Waals surface area (Å²) in [5.41, 5.74) is 4.16. The first kappa shape index (κ1) is 49.4. The second-order valence-electron chi connectivity index (χ2n) is 22.3. The fourth-order valence-electron chi connectivity index (χ4n) is 13.0. The van der Waals surface area contributed by atoms with Crippen LogP contribution in [0.1, 0.15) is 131 Å². The molecule has 3 atom stereocenters. The van der Waals surface area contributed by atoms with Crippen LogP contribution in [0.15, 0.2) is 77.8 Å². The first-order chi connectivity index (χ1) is 35.1. The molecule has 3 saturated heterocycles. The number of rotatable bonds is 12. The molecule has 5 fully saturated rings. The first-order valence-corrected chi connectivity index (χ1v) is 27.8. The van der Waals surface area contributed by atoms with Crippen LogP contribution in [-0.4, -0.2) is 102 Å². The third-order valence-corrected chi connectivity index (χ3v) is 18.5. The molecule has 6 aliphatic rings. The number of amides is 1. The lowest BCUT2D eigenvalue weighted by atomic mass is 9.59. The van der Waals surface area contributed by atoms with Crippen LogP contribution in [0, 0.1) is 27.3 Å². The van der Waals surface area contributed by atoms with Gasteiger partial charge in [-0.1, -0.05) is 44.5 Å². The third kappa shape index (κ3) is 9.64. The van der Waals surface area contributed by atoms with E-state index in [-0.39, 0.29) is 40.5 Å². The third-order valence-electron chi connectivity index (χ3n) is 17.2. The number of aromatic amines is 1. The van der Waals surface area contributed by atoms with E-state index in [0.29, 0.717) is 67.4 Å². The van der Waals surface area contributed by atoms with Gasteiger partial charge in [0, 0.05) is 56.3 Å². The van der Waals surface area contributed by atoms with Crippen molar-refractivity contribution in [2.75, 3.05) is 54.5 Å². The van der Waals surface area contributed by atoms with E-state index in [9.17, 15) is 28.4 Å². The van der Waals surface area contributed by atoms with Crippen LogP contribution in [0.2, 0.25) is 0 Å². The normalized spacial score (nSPS) is 25.5. The van der Waals surface area contributed by atoms with Crippen LogP contribution < -0.4 is 24.6 Å². The van der Waals surface area contributed by atoms with Crippen LogP contribution in [0.5, 0.6) is 5.88 Å². The number of nitro benzene ring substituents is 1. The highest BCUT2D eigenvalue weighted by Gasteiger charge is 2.50. The summed E-state index contributed by atoms with van der Waals surface area (Å²) in [6.07, 6.45) is 12.0. The number of halogens is 1. The molecule has 2 aliphatic carbocycles. The average Bonchev–Trinajstić information content (AvgIpc) is 3.74. The fourth-order valence-corrected chi connectivity index (χ4v) is 13.9. The molecule has 4 N–H and O–H groups in total. The van der Waals surface area contributed by atoms with E-state index < -0.39 is 55.0 Å². The number of fused-ring (bicyclic) bond motifs is 3. The number of carbonyl (C=O) groups is 1. The van der Waals surface area contributed by atoms with Gasteiger partial charge >= 0.3 is 0 Å². The molecule has 2 saturated carbocycles. The minimum absolute atomic E-state index is 0.0322. The number of likely N-dealkylation sites (tertiary alicyclic amines) is 1. The molecule has 73 heavy (non-hydrogen) atoms. The Morgan fingerprint density at radius 3 is 2.53 bits per heavy atom. The quantitative estimate of drug-likeness (QED) is 0.0682. The zero-order valence-corrected chi connectivity index (χ0v) is 42.8. The molecule has 4 aliphatic heterocycles. The summed E-state index contributed by atoms with van der Waals surface area (Å²) in [6, 6.07) is 20.2. The number of hydrogen-bond donors (Lipinski definition) is 4. The summed E-state index contributed by atoms with van der Waals surface area (Å²) in [5, 5.41) is 26.1. The lowest BCUT2D eigenvalue weighted by Crippen LogP contribution is -2.56. The summed E-state index contributed by atoms with van der Waals surface area (Å²) in [6.45, 7) is 10.2. The van der Waals surface area contributed by atoms with E-state index in [4.69, 9.17) is 9.47 Å². The molecule has 388 valence electrons. The second kappa shape index (κ2) is 19.5. The molecule has 2 aromatic heterocycles. The predicted octanol–water partition coefficient (Wildman–Crippen LogP) is 9.87. The maximum Gasteiger partial charge on any atom is 0.293 e. The Bertz CT molecular complexity index is 3010. The van der Waals surface area contributed by atoms with Gasteiger partial charge in [-0.2, -0.15) is 4.98 Å². The summed E-state index contributed by atoms with van der Waals surface area (Å²) in [4.78, 5) is 40.6. The van der Waals surface area contributed by atoms with E-state index in [0.717, 1.165) is 57.1 Å². The van der Waals surface area contributed by atoms with Crippen molar-refractivity contribution in [3.05, 3.63) is 106 Å². The molecule has 0 bridgehead atoms. The molecule has 1 amide bonds. The van der Waals surface area contributed by atoms with Gasteiger partial charge in [0.15, 0.2) is 0 Å². The number of aliphatic hydroxyl groups is 1. The van der Waals surface area contributed by atoms with Crippen LogP contribution >= 0.6 is 0 Å². The lowest BCUT2D eigenvalue weighted by Gasteiger charge is -2.57. The smallest absolute Gasteiger partial charge is 0.293 e. The molecule has 11 rings (SSSR count). The number of H-pyrrole nitrogens is 1. The first-order valence-electron chi connectivity index (χ1n) is 26.3. The van der Waals surface area contributed by atoms with Crippen molar-refractivity contribution < 1.29 is 37.1 Å². The number of nitrogens with zero attached hydrogens (tertiary/aromatic N) is 5. The monoisotopic (exact) mass is 1020 g/mol. The van der Waals surface area contributed by atoms with Crippen molar-refractivity contribution in [2.24, 2.45) is 11.3 Å². The topological polar surface area (TPSA) is 196 Å². The van der Waals surface area contributed by atoms with E-state index >= 15 is 4.39 Å². The van der Waals surface area contributed by atoms with Gasteiger partial charge in [0.2, 0.25) is 5.88 Å². The van der Waals surface area contributed by atoms with E-state index in [2.05, 4.69) is 67.9 Å². The zero-order chi connectivity index (χ0) is 50.8. The van der Waals surface area contributed by atoms with Crippen molar-refractivity contribution in [2.45, 2.75) is 138 Å². The Morgan fingerprint density at radius 1 is 0.986 bits per heavy atom. The van der Waals surface area contributed by atoms with E-state index in [1.807, 2.05) is 24.0 Å². The highest BCUT2D eigenvalue weighted by Crippen LogP contribution is 2.54. The van der Waals surface area contributed by atoms with Crippen LogP contribution in [0.3, 0.4) is 0 Å². The van der Waals surface area contributed by atoms with Gasteiger partial charge in [-0.05, 0) is 149 Å². The van der Waals surface area contributed by atoms with Crippen molar-refractivity contribution >= 4 is 55.4 Å². The number of piperidine rings is 2. The Morgan fingerprint density at radius 2 is 1.77 bits per heavy atom. The molecule has 6 heterocycles. The Kier molecular flexibility index (Phi) is 13.2. The van der Waals surface area contributed by atoms with Crippen LogP contribution in [0.25, 0.3) is 11.0 Å². The summed E-state index contributed by atoms with van der Waals surface area (Å²) in [7, 11) is -4.67. The number of carbonyl (C=O) groups excluding carboxylic acids is 1. The lowest BCUT2D eigenvalue weighted by molar-refractivity contribution is -0.384. The average molecular weight is 1020 g/mol. The Hall–Kier alpha value is -5.82. The van der Waals surface area contributed by atoms with Gasteiger partial charge < -0.3 is 34.7 Å². The molecular formula is C55H67FN8O8S. The van der Waals surface area contributed by atoms with Gasteiger partial charge in [0.1, 0.15) is 28.9 Å². The molecule has 0 radical (unpaired) electrons. The molecule has 16 nitrogen and oxygen atoms in total. The van der Waals surface area contributed by atoms with Gasteiger partial charge in [0.25, 0.3) is 21.6 Å². The summed E-state index contributed by atoms with van der Waals surface area (Å²) < 4.78 is 58.2. The van der Waals surface area contributed by atoms with Crippen molar-refractivity contribution in [3.63, 3.8) is 0 Å². The number of benzene rings is 3. The molecule has 5 aromatic rings. The number of pyridine rings is 1. The highest BCUT2D eigenvalue weighted by molar-refractivity contribution is 7.90. The number of aromatic nitrogens is 2. The molecule has 1 spiro atoms. The van der Waals surface area contributed by atoms with Gasteiger partial charge in [-0.3, -0.25) is 19.8 Å². The van der Waals surface area contributed by atoms with Crippen LogP contribution in [0.4, 0.5) is 32.8 Å². The maximum atomic E-state index is 15.3. The van der Waals surface area contributed by atoms with Gasteiger partial charge in [-0.25, -0.2) is 17.5 Å². The van der Waals surface area contributed by atoms with Gasteiger partial charge in [-0.15, -0.1) is 0 Å². The summed E-state index contributed by atoms with van der Waals surface area (Å²) in [5.74, 6) is -0.586. The summed E-state index contributed by atoms with van der Waals surface area (Å²) >= 11 is 0. The number of sulfonamides is 1. The predicted molar refractivity (Wildman–Crippen MR) is 278 cm³/mol. The second-order valence-corrected chi connectivity index (χ2v) is 24.0. The number of nitrogens with one attached hydrogen (secondary N) is 3. The fraction of sp³-hybridized carbons (Fsp3) is 0.527. The molecular weight excluding hydrogens is 952 g/mol. The van der Waals surface area contributed by atoms with Crippen molar-refractivity contribution in [1.29, 1.82) is 0 Å². The van der Waals surface area contributed by atoms with Gasteiger partial charge in [0.05, 0.1) is 44.7 Å². The SMILES string of the molecule is CC(C)c1ccccc1[C@H]1CCCCN1C1CC2(CCN(c3ccc(C(=O)NS(=O)(=O)c4ccc(NCC5CCC(C)(O)CC5)c([N+](=O)[O-])c4)c(N4c5cc6c(F)c[nH]c6nc5O[C@H]5COCC[C@@H]54)c3)CC2)C1. The maximum absolute atomic E-state index is 15.3. The van der Waals surface area contributed by atoms with Crippen molar-refractivity contribution in [1.82, 2.24) is 19.6 Å². The molecule has 0 unspecified atom stereocenters. The van der Waals surface area contributed by atoms with Crippen LogP contribution in [-0.2, 0) is 14.8 Å². The number of anilines is 4. The largest absolute Gasteiger partial charge is 0.468 e. The zero-order valence-electron chi connectivity index (χ0n) is 41.9. The van der Waals surface area contributed by atoms with E-state index in [1.165, 1.54) is 61.6 Å². The Labute approximate surface area is 426 Å². The molecule has 3 aromatic carbocycles. The highest BCUT2D eigenvalue weighted by atomic mass is 32.2. The van der Waals surface area contributed by atoms with Crippen molar-refractivity contribution in [3.8, 4) is 5.88 Å². The minimum Gasteiger partial charge on any atom is -0.468 e. The van der Waals surface area contributed by atoms with E-state index in [1.54, 1.807) is 12.1 Å². The number of nitro groups is 1. The minimum atomic E-state index is -4.67. The number of ether oxygens (including phenoxy) is 2. The standard InChI is InChI=1S/C55H67FN8O8S/c1-34(2)39-8-4-5-9-40(39)45-10-6-7-22-62(45)37-29-55(30-37)20-23-61(24-21-55)36-11-13-41(47(26-36)63-46-17-25-71-33-50(46)72-53-49(63)28-42-43(56)32-58-51(42)59-53)52(65)60-73(69,70)38-12-14-44(48(27-38)64(67)68)57-31-35-15-18-54(3,66)19-16-35/h4-5,8-9,11-14,26-28,32,34-35,37,45-46,50,57,66H,6-7,10,15-25,29-31,33H2,1-3H3,(H,58,59)(H,60,65)/t35?,45-,46+,50+,54?/m1/s1. The Balaban J connectivity index is 0.873.